The molecule has 3 heterocycles. The van der Waals surface area contributed by atoms with Crippen LogP contribution in [-0.2, 0) is 23.9 Å². The van der Waals surface area contributed by atoms with Gasteiger partial charge in [-0.15, -0.1) is 0 Å². The van der Waals surface area contributed by atoms with Crippen LogP contribution in [0.4, 0.5) is 0 Å². The van der Waals surface area contributed by atoms with Crippen molar-refractivity contribution in [1.29, 1.82) is 0 Å². The van der Waals surface area contributed by atoms with E-state index in [1.54, 1.807) is 23.8 Å². The highest BCUT2D eigenvalue weighted by atomic mass is 16.5. The lowest BCUT2D eigenvalue weighted by atomic mass is 9.98. The number of carbonyl (C=O) groups excluding carboxylic acids is 4. The summed E-state index contributed by atoms with van der Waals surface area (Å²) in [4.78, 5) is 57.9. The molecule has 2 aromatic rings. The molecule has 5 rings (SSSR count). The first-order valence-corrected chi connectivity index (χ1v) is 15.4. The second-order valence-corrected chi connectivity index (χ2v) is 11.9. The minimum absolute atomic E-state index is 0.0292. The van der Waals surface area contributed by atoms with Gasteiger partial charge in [0.15, 0.2) is 0 Å². The van der Waals surface area contributed by atoms with Gasteiger partial charge in [-0.05, 0) is 56.7 Å². The third-order valence-corrected chi connectivity index (χ3v) is 9.03. The molecule has 0 unspecified atom stereocenters. The molecule has 10 heteroatoms. The lowest BCUT2D eigenvalue weighted by molar-refractivity contribution is -0.147. The van der Waals surface area contributed by atoms with Crippen LogP contribution in [0.15, 0.2) is 60.7 Å². The van der Waals surface area contributed by atoms with Crippen LogP contribution in [-0.4, -0.2) is 90.9 Å². The van der Waals surface area contributed by atoms with E-state index in [4.69, 9.17) is 4.74 Å². The quantitative estimate of drug-likeness (QED) is 0.412. The Labute approximate surface area is 253 Å². The molecule has 0 aliphatic carbocycles. The number of rotatable bonds is 9. The van der Waals surface area contributed by atoms with Gasteiger partial charge < -0.3 is 30.5 Å². The predicted molar refractivity (Wildman–Crippen MR) is 162 cm³/mol. The Hall–Kier alpha value is -3.76. The molecule has 3 fully saturated rings. The van der Waals surface area contributed by atoms with Gasteiger partial charge in [0.05, 0.1) is 12.1 Å². The smallest absolute Gasteiger partial charge is 0.247 e. The largest absolute Gasteiger partial charge is 0.381 e. The first-order valence-electron chi connectivity index (χ1n) is 15.4. The van der Waals surface area contributed by atoms with Crippen molar-refractivity contribution in [3.63, 3.8) is 0 Å². The Morgan fingerprint density at radius 1 is 0.953 bits per heavy atom. The van der Waals surface area contributed by atoms with Crippen molar-refractivity contribution in [3.8, 4) is 0 Å². The third-order valence-electron chi connectivity index (χ3n) is 9.03. The molecule has 5 atom stereocenters. The van der Waals surface area contributed by atoms with Crippen LogP contribution in [0.1, 0.15) is 56.2 Å². The topological polar surface area (TPSA) is 120 Å². The number of nitrogens with zero attached hydrogens (tertiary/aromatic N) is 2. The van der Waals surface area contributed by atoms with E-state index in [2.05, 4.69) is 16.0 Å². The zero-order valence-electron chi connectivity index (χ0n) is 25.0. The summed E-state index contributed by atoms with van der Waals surface area (Å²) in [5.41, 5.74) is 1.90. The molecule has 3 saturated heterocycles. The first kappa shape index (κ1) is 30.7. The number of hydrogen-bond acceptors (Lipinski definition) is 6. The number of benzene rings is 2. The van der Waals surface area contributed by atoms with E-state index in [-0.39, 0.29) is 48.2 Å². The molecule has 3 aliphatic rings. The van der Waals surface area contributed by atoms with E-state index < -0.39 is 18.1 Å². The van der Waals surface area contributed by atoms with Gasteiger partial charge in [-0.25, -0.2) is 0 Å². The summed E-state index contributed by atoms with van der Waals surface area (Å²) in [5.74, 6) is -0.736. The van der Waals surface area contributed by atoms with E-state index in [9.17, 15) is 19.2 Å². The zero-order valence-corrected chi connectivity index (χ0v) is 25.0. The number of carbonyl (C=O) groups is 4. The van der Waals surface area contributed by atoms with Crippen LogP contribution < -0.4 is 16.0 Å². The number of amides is 4. The van der Waals surface area contributed by atoms with Crippen LogP contribution in [0, 0.1) is 5.92 Å². The molecular formula is C33H43N5O5. The standard InChI is InChI=1S/C33H43N5O5/c1-22(34-2)31(40)35-27-20-37(29(39)19-23-16-18-43-21-23)17-15-26-13-14-28(38(26)33(27)42)32(41)36-30(24-9-5-3-6-10-24)25-11-7-4-8-12-25/h3-12,22-23,26-28,30,34H,13-21H2,1-2H3,(H,35,40)(H,36,41)/t22-,23-,26+,27-,28-/m0/s1. The third kappa shape index (κ3) is 7.25. The van der Waals surface area contributed by atoms with Crippen molar-refractivity contribution in [3.05, 3.63) is 71.8 Å². The molecule has 0 aromatic heterocycles. The molecule has 0 radical (unpaired) electrons. The van der Waals surface area contributed by atoms with Gasteiger partial charge in [-0.3, -0.25) is 19.2 Å². The minimum Gasteiger partial charge on any atom is -0.381 e. The Bertz CT molecular complexity index is 1230. The molecule has 43 heavy (non-hydrogen) atoms. The van der Waals surface area contributed by atoms with E-state index in [0.29, 0.717) is 45.4 Å². The first-order chi connectivity index (χ1) is 20.9. The summed E-state index contributed by atoms with van der Waals surface area (Å²) in [6, 6.07) is 16.8. The van der Waals surface area contributed by atoms with Crippen LogP contribution >= 0.6 is 0 Å². The second kappa shape index (κ2) is 14.1. The summed E-state index contributed by atoms with van der Waals surface area (Å²) in [5, 5.41) is 9.02. The van der Waals surface area contributed by atoms with Crippen LogP contribution in [0.25, 0.3) is 0 Å². The second-order valence-electron chi connectivity index (χ2n) is 11.9. The molecule has 10 nitrogen and oxygen atoms in total. The lowest BCUT2D eigenvalue weighted by Gasteiger charge is -2.39. The normalized spacial score (nSPS) is 24.7. The van der Waals surface area contributed by atoms with Crippen molar-refractivity contribution < 1.29 is 23.9 Å². The molecule has 4 amide bonds. The summed E-state index contributed by atoms with van der Waals surface area (Å²) in [6.07, 6.45) is 2.95. The maximum absolute atomic E-state index is 14.2. The van der Waals surface area contributed by atoms with E-state index in [1.807, 2.05) is 60.7 Å². The summed E-state index contributed by atoms with van der Waals surface area (Å²) in [7, 11) is 1.68. The van der Waals surface area contributed by atoms with Gasteiger partial charge in [-0.2, -0.15) is 0 Å². The van der Waals surface area contributed by atoms with Crippen molar-refractivity contribution in [1.82, 2.24) is 25.8 Å². The van der Waals surface area contributed by atoms with E-state index in [1.165, 1.54) is 0 Å². The molecular weight excluding hydrogens is 546 g/mol. The fourth-order valence-corrected chi connectivity index (χ4v) is 6.40. The highest BCUT2D eigenvalue weighted by Gasteiger charge is 2.46. The van der Waals surface area contributed by atoms with Gasteiger partial charge in [0.1, 0.15) is 12.1 Å². The maximum atomic E-state index is 14.2. The molecule has 2 aromatic carbocycles. The number of fused-ring (bicyclic) bond motifs is 1. The number of nitrogens with one attached hydrogen (secondary N) is 3. The number of hydrogen-bond donors (Lipinski definition) is 3. The SMILES string of the molecule is CN[C@@H](C)C(=O)N[C@H]1CN(C(=O)C[C@@H]2CCOC2)CC[C@H]2CC[C@@H](C(=O)NC(c3ccccc3)c3ccccc3)N2C1=O. The van der Waals surface area contributed by atoms with Gasteiger partial charge in [0, 0.05) is 38.8 Å². The minimum atomic E-state index is -0.956. The van der Waals surface area contributed by atoms with Gasteiger partial charge in [0.25, 0.3) is 0 Å². The monoisotopic (exact) mass is 589 g/mol. The molecule has 230 valence electrons. The molecule has 0 bridgehead atoms. The van der Waals surface area contributed by atoms with Crippen molar-refractivity contribution >= 4 is 23.6 Å². The fraction of sp³-hybridized carbons (Fsp3) is 0.515. The molecule has 0 spiro atoms. The number of ether oxygens (including phenoxy) is 1. The molecule has 0 saturated carbocycles. The molecule has 3 aliphatic heterocycles. The summed E-state index contributed by atoms with van der Waals surface area (Å²) in [6.45, 7) is 3.47. The van der Waals surface area contributed by atoms with Gasteiger partial charge in [0.2, 0.25) is 23.6 Å². The van der Waals surface area contributed by atoms with Crippen LogP contribution in [0.2, 0.25) is 0 Å². The van der Waals surface area contributed by atoms with E-state index >= 15 is 0 Å². The Morgan fingerprint density at radius 2 is 1.63 bits per heavy atom. The highest BCUT2D eigenvalue weighted by molar-refractivity contribution is 5.94. The van der Waals surface area contributed by atoms with Crippen molar-refractivity contribution in [2.24, 2.45) is 5.92 Å². The van der Waals surface area contributed by atoms with Gasteiger partial charge in [-0.1, -0.05) is 60.7 Å². The Morgan fingerprint density at radius 3 is 2.23 bits per heavy atom. The van der Waals surface area contributed by atoms with Crippen molar-refractivity contribution in [2.75, 3.05) is 33.4 Å². The summed E-state index contributed by atoms with van der Waals surface area (Å²) >= 11 is 0. The lowest BCUT2D eigenvalue weighted by Crippen LogP contribution is -2.62. The zero-order chi connectivity index (χ0) is 30.3. The Kier molecular flexibility index (Phi) is 10.1. The highest BCUT2D eigenvalue weighted by Crippen LogP contribution is 2.31. The van der Waals surface area contributed by atoms with Crippen LogP contribution in [0.3, 0.4) is 0 Å². The summed E-state index contributed by atoms with van der Waals surface area (Å²) < 4.78 is 5.46. The van der Waals surface area contributed by atoms with Gasteiger partial charge >= 0.3 is 0 Å². The molecule has 3 N–H and O–H groups in total. The number of likely N-dealkylation sites (N-methyl/N-ethyl adjacent to an activating group) is 1. The fourth-order valence-electron chi connectivity index (χ4n) is 6.40. The average Bonchev–Trinajstić information content (AvgIpc) is 3.70. The average molecular weight is 590 g/mol. The predicted octanol–water partition coefficient (Wildman–Crippen LogP) is 2.00. The maximum Gasteiger partial charge on any atom is 0.247 e. The van der Waals surface area contributed by atoms with Crippen LogP contribution in [0.5, 0.6) is 0 Å². The van der Waals surface area contributed by atoms with Crippen molar-refractivity contribution in [2.45, 2.75) is 69.2 Å². The van der Waals surface area contributed by atoms with E-state index in [0.717, 1.165) is 17.5 Å². The Balaban J connectivity index is 1.37.